The molecule has 2 N–H and O–H groups in total. The van der Waals surface area contributed by atoms with Crippen LogP contribution in [0.3, 0.4) is 0 Å². The molecule has 90 valence electrons. The lowest BCUT2D eigenvalue weighted by Gasteiger charge is -2.09. The van der Waals surface area contributed by atoms with Crippen molar-refractivity contribution >= 4 is 18.2 Å². The average molecular weight is 245 g/mol. The third kappa shape index (κ3) is 3.63. The minimum atomic E-state index is 0. The quantitative estimate of drug-likeness (QED) is 0.770. The van der Waals surface area contributed by atoms with E-state index in [1.807, 2.05) is 6.07 Å². The molecule has 0 bridgehead atoms. The van der Waals surface area contributed by atoms with Crippen molar-refractivity contribution in [3.05, 3.63) is 24.0 Å². The molecule has 0 radical (unpaired) electrons. The molecule has 1 atom stereocenters. The number of hydrogen-bond donors (Lipinski definition) is 2. The van der Waals surface area contributed by atoms with Gasteiger partial charge in [0.1, 0.15) is 6.61 Å². The molecule has 1 unspecified atom stereocenters. The van der Waals surface area contributed by atoms with Gasteiger partial charge in [0.05, 0.1) is 12.3 Å². The van der Waals surface area contributed by atoms with Crippen molar-refractivity contribution in [2.45, 2.75) is 18.9 Å². The summed E-state index contributed by atoms with van der Waals surface area (Å²) >= 11 is 0. The standard InChI is InChI=1S/C11H16N2O2.ClH/c14-11(10-4-2-6-13-10)8-15-7-9-3-1-5-12-9;/h2,4,6,9,12-13H,1,3,5,7-8H2;1H. The Hall–Kier alpha value is -0.840. The SMILES string of the molecule is Cl.O=C(COCC1CCCN1)c1ccc[nH]1. The first-order chi connectivity index (χ1) is 7.36. The minimum Gasteiger partial charge on any atom is -0.372 e. The van der Waals surface area contributed by atoms with E-state index in [1.165, 1.54) is 6.42 Å². The van der Waals surface area contributed by atoms with Crippen LogP contribution in [-0.4, -0.2) is 36.6 Å². The monoisotopic (exact) mass is 244 g/mol. The molecule has 0 aliphatic carbocycles. The van der Waals surface area contributed by atoms with Gasteiger partial charge in [0.25, 0.3) is 0 Å². The average Bonchev–Trinajstić information content (AvgIpc) is 2.90. The number of ketones is 1. The third-order valence-electron chi connectivity index (χ3n) is 2.61. The van der Waals surface area contributed by atoms with Gasteiger partial charge in [-0.15, -0.1) is 12.4 Å². The Kier molecular flexibility index (Phi) is 5.52. The molecule has 1 aromatic heterocycles. The van der Waals surface area contributed by atoms with E-state index in [1.54, 1.807) is 12.3 Å². The lowest BCUT2D eigenvalue weighted by atomic mass is 10.2. The molecule has 0 spiro atoms. The number of aromatic amines is 1. The van der Waals surface area contributed by atoms with E-state index in [4.69, 9.17) is 4.74 Å². The van der Waals surface area contributed by atoms with E-state index in [2.05, 4.69) is 10.3 Å². The Labute approximate surface area is 101 Å². The Morgan fingerprint density at radius 2 is 2.44 bits per heavy atom. The fourth-order valence-electron chi connectivity index (χ4n) is 1.77. The fourth-order valence-corrected chi connectivity index (χ4v) is 1.77. The van der Waals surface area contributed by atoms with Crippen LogP contribution in [0.15, 0.2) is 18.3 Å². The van der Waals surface area contributed by atoms with Crippen molar-refractivity contribution in [1.29, 1.82) is 0 Å². The van der Waals surface area contributed by atoms with Crippen LogP contribution >= 0.6 is 12.4 Å². The highest BCUT2D eigenvalue weighted by atomic mass is 35.5. The molecule has 2 rings (SSSR count). The molecule has 0 amide bonds. The molecular formula is C11H17ClN2O2. The van der Waals surface area contributed by atoms with E-state index < -0.39 is 0 Å². The van der Waals surface area contributed by atoms with E-state index in [0.717, 1.165) is 13.0 Å². The Morgan fingerprint density at radius 1 is 1.56 bits per heavy atom. The summed E-state index contributed by atoms with van der Waals surface area (Å²) in [7, 11) is 0. The van der Waals surface area contributed by atoms with Crippen LogP contribution in [0.1, 0.15) is 23.3 Å². The van der Waals surface area contributed by atoms with E-state index in [9.17, 15) is 4.79 Å². The molecule has 4 nitrogen and oxygen atoms in total. The highest BCUT2D eigenvalue weighted by Gasteiger charge is 2.14. The van der Waals surface area contributed by atoms with Gasteiger partial charge >= 0.3 is 0 Å². The molecule has 0 aromatic carbocycles. The van der Waals surface area contributed by atoms with Gasteiger partial charge in [-0.3, -0.25) is 4.79 Å². The van der Waals surface area contributed by atoms with Gasteiger partial charge in [-0.25, -0.2) is 0 Å². The predicted molar refractivity (Wildman–Crippen MR) is 64.2 cm³/mol. The fraction of sp³-hybridized carbons (Fsp3) is 0.545. The van der Waals surface area contributed by atoms with Crippen molar-refractivity contribution in [2.24, 2.45) is 0 Å². The Bertz CT molecular complexity index is 308. The van der Waals surface area contributed by atoms with Crippen molar-refractivity contribution in [3.8, 4) is 0 Å². The maximum absolute atomic E-state index is 11.5. The van der Waals surface area contributed by atoms with Crippen molar-refractivity contribution in [1.82, 2.24) is 10.3 Å². The number of carbonyl (C=O) groups excluding carboxylic acids is 1. The van der Waals surface area contributed by atoms with E-state index in [0.29, 0.717) is 18.3 Å². The minimum absolute atomic E-state index is 0. The summed E-state index contributed by atoms with van der Waals surface area (Å²) in [5, 5.41) is 3.32. The normalized spacial score (nSPS) is 19.4. The van der Waals surface area contributed by atoms with Crippen LogP contribution in [0, 0.1) is 0 Å². The first-order valence-corrected chi connectivity index (χ1v) is 5.34. The zero-order valence-electron chi connectivity index (χ0n) is 9.07. The maximum atomic E-state index is 11.5. The summed E-state index contributed by atoms with van der Waals surface area (Å²) < 4.78 is 5.37. The first-order valence-electron chi connectivity index (χ1n) is 5.34. The zero-order valence-corrected chi connectivity index (χ0v) is 9.89. The molecule has 1 saturated heterocycles. The summed E-state index contributed by atoms with van der Waals surface area (Å²) in [6, 6.07) is 4.01. The Balaban J connectivity index is 0.00000128. The van der Waals surface area contributed by atoms with Gasteiger partial charge in [-0.05, 0) is 31.5 Å². The third-order valence-corrected chi connectivity index (χ3v) is 2.61. The molecule has 2 heterocycles. The molecular weight excluding hydrogens is 228 g/mol. The van der Waals surface area contributed by atoms with Gasteiger partial charge < -0.3 is 15.0 Å². The number of ether oxygens (including phenoxy) is 1. The van der Waals surface area contributed by atoms with Gasteiger partial charge in [0, 0.05) is 12.2 Å². The van der Waals surface area contributed by atoms with Gasteiger partial charge in [-0.1, -0.05) is 0 Å². The topological polar surface area (TPSA) is 54.1 Å². The van der Waals surface area contributed by atoms with Gasteiger partial charge in [0.15, 0.2) is 0 Å². The van der Waals surface area contributed by atoms with Crippen LogP contribution in [0.5, 0.6) is 0 Å². The molecule has 16 heavy (non-hydrogen) atoms. The van der Waals surface area contributed by atoms with Crippen molar-refractivity contribution in [2.75, 3.05) is 19.8 Å². The summed E-state index contributed by atoms with van der Waals surface area (Å²) in [5.41, 5.74) is 0.620. The largest absolute Gasteiger partial charge is 0.372 e. The first kappa shape index (κ1) is 13.2. The molecule has 1 fully saturated rings. The number of aromatic nitrogens is 1. The molecule has 1 aromatic rings. The number of hydrogen-bond acceptors (Lipinski definition) is 3. The lowest BCUT2D eigenvalue weighted by Crippen LogP contribution is -2.28. The van der Waals surface area contributed by atoms with Crippen LogP contribution in [-0.2, 0) is 4.74 Å². The summed E-state index contributed by atoms with van der Waals surface area (Å²) in [6.45, 7) is 1.86. The van der Waals surface area contributed by atoms with E-state index >= 15 is 0 Å². The Morgan fingerprint density at radius 3 is 3.06 bits per heavy atom. The highest BCUT2D eigenvalue weighted by Crippen LogP contribution is 2.05. The van der Waals surface area contributed by atoms with Crippen LogP contribution in [0.2, 0.25) is 0 Å². The number of H-pyrrole nitrogens is 1. The van der Waals surface area contributed by atoms with Crippen LogP contribution in [0.4, 0.5) is 0 Å². The zero-order chi connectivity index (χ0) is 10.5. The van der Waals surface area contributed by atoms with Crippen LogP contribution < -0.4 is 5.32 Å². The van der Waals surface area contributed by atoms with E-state index in [-0.39, 0.29) is 24.8 Å². The number of rotatable bonds is 5. The lowest BCUT2D eigenvalue weighted by molar-refractivity contribution is 0.0719. The summed E-state index contributed by atoms with van der Waals surface area (Å²) in [6.07, 6.45) is 4.10. The smallest absolute Gasteiger partial charge is 0.204 e. The molecule has 0 saturated carbocycles. The summed E-state index contributed by atoms with van der Waals surface area (Å²) in [4.78, 5) is 14.4. The second kappa shape index (κ2) is 6.68. The molecule has 5 heteroatoms. The number of carbonyl (C=O) groups is 1. The van der Waals surface area contributed by atoms with Crippen molar-refractivity contribution in [3.63, 3.8) is 0 Å². The highest BCUT2D eigenvalue weighted by molar-refractivity contribution is 5.95. The number of halogens is 1. The second-order valence-electron chi connectivity index (χ2n) is 3.82. The maximum Gasteiger partial charge on any atom is 0.204 e. The van der Waals surface area contributed by atoms with Gasteiger partial charge in [0.2, 0.25) is 5.78 Å². The predicted octanol–water partition coefficient (Wildman–Crippen LogP) is 1.39. The van der Waals surface area contributed by atoms with Crippen molar-refractivity contribution < 1.29 is 9.53 Å². The number of Topliss-reactive ketones (excluding diaryl/α,β-unsaturated/α-hetero) is 1. The van der Waals surface area contributed by atoms with Gasteiger partial charge in [-0.2, -0.15) is 0 Å². The molecule has 1 aliphatic heterocycles. The summed E-state index contributed by atoms with van der Waals surface area (Å²) in [5.74, 6) is 0.0120. The molecule has 1 aliphatic rings. The van der Waals surface area contributed by atoms with Crippen LogP contribution in [0.25, 0.3) is 0 Å². The number of nitrogens with one attached hydrogen (secondary N) is 2. The second-order valence-corrected chi connectivity index (χ2v) is 3.82.